The van der Waals surface area contributed by atoms with Gasteiger partial charge in [0.2, 0.25) is 0 Å². The second-order valence-electron chi connectivity index (χ2n) is 15.0. The minimum Gasteiger partial charge on any atom is -0.457 e. The van der Waals surface area contributed by atoms with Gasteiger partial charge in [0.15, 0.2) is 0 Å². The highest BCUT2D eigenvalue weighted by Gasteiger charge is 2.85. The molecule has 0 bridgehead atoms. The first-order valence-corrected chi connectivity index (χ1v) is 16.9. The molecule has 3 aliphatic rings. The number of benzene rings is 2. The minimum absolute atomic E-state index is 0.145. The van der Waals surface area contributed by atoms with Crippen molar-refractivity contribution in [3.63, 3.8) is 0 Å². The van der Waals surface area contributed by atoms with Gasteiger partial charge in [-0.05, 0) is 112 Å². The van der Waals surface area contributed by atoms with Crippen LogP contribution in [0.5, 0.6) is 11.5 Å². The van der Waals surface area contributed by atoms with E-state index < -0.39 is 72.0 Å². The van der Waals surface area contributed by atoms with Crippen molar-refractivity contribution < 1.29 is 72.0 Å². The van der Waals surface area contributed by atoms with Crippen LogP contribution in [0.25, 0.3) is 0 Å². The Morgan fingerprint density at radius 3 is 2.00 bits per heavy atom. The summed E-state index contributed by atoms with van der Waals surface area (Å²) in [6, 6.07) is 7.24. The number of hydrogen-bond donors (Lipinski definition) is 0. The highest BCUT2D eigenvalue weighted by molar-refractivity contribution is 5.90. The van der Waals surface area contributed by atoms with Crippen molar-refractivity contribution in [1.82, 2.24) is 0 Å². The van der Waals surface area contributed by atoms with Crippen molar-refractivity contribution in [3.05, 3.63) is 58.7 Å². The normalized spacial score (nSPS) is 25.3. The first kappa shape index (κ1) is 40.1. The van der Waals surface area contributed by atoms with Crippen molar-refractivity contribution in [3.8, 4) is 11.5 Å². The molecule has 290 valence electrons. The van der Waals surface area contributed by atoms with Gasteiger partial charge in [-0.3, -0.25) is 0 Å². The predicted molar refractivity (Wildman–Crippen MR) is 164 cm³/mol. The zero-order chi connectivity index (χ0) is 38.7. The Bertz CT molecular complexity index is 1570. The topological polar surface area (TPSA) is 54.0 Å². The first-order chi connectivity index (χ1) is 23.9. The lowest BCUT2D eigenvalue weighted by Crippen LogP contribution is -2.67. The van der Waals surface area contributed by atoms with E-state index in [-0.39, 0.29) is 35.5 Å². The number of ether oxygens (including phenoxy) is 4. The molecule has 0 aliphatic heterocycles. The molecular formula is C36H39F11O5. The van der Waals surface area contributed by atoms with Gasteiger partial charge in [0.05, 0.1) is 12.7 Å². The van der Waals surface area contributed by atoms with Crippen molar-refractivity contribution >= 4 is 5.97 Å². The van der Waals surface area contributed by atoms with Crippen molar-refractivity contribution in [2.45, 2.75) is 114 Å². The van der Waals surface area contributed by atoms with Gasteiger partial charge in [0.25, 0.3) is 0 Å². The average Bonchev–Trinajstić information content (AvgIpc) is 3.31. The maximum absolute atomic E-state index is 14.8. The van der Waals surface area contributed by atoms with E-state index in [4.69, 9.17) is 14.2 Å². The number of alkyl halides is 9. The summed E-state index contributed by atoms with van der Waals surface area (Å²) in [6.07, 6.45) is -17.1. The molecule has 2 aromatic rings. The average molecular weight is 761 g/mol. The van der Waals surface area contributed by atoms with Crippen LogP contribution in [0, 0.1) is 28.9 Å². The molecule has 0 spiro atoms. The molecule has 0 aromatic heterocycles. The standard InChI is InChI=1S/C36H39F11O5/c1-31(2,3)52-30(48)29-26(37)17-21(18-27(29)38)51-20-7-9-22-19(16-20)6-8-24-23(22)12-13-32(4)25(24)10-11-28(32)49-14-5-15-50-33(34(39,40)41,35(42,43)44)36(45,46)47/h7,9,16-18,23-25,28H,5-6,8,10-15H2,1-4H3/t23-,24-,25+,28+,32+/m1/s1. The molecular weight excluding hydrogens is 721 g/mol. The van der Waals surface area contributed by atoms with Crippen molar-refractivity contribution in [2.24, 2.45) is 17.3 Å². The Morgan fingerprint density at radius 1 is 0.808 bits per heavy atom. The Hall–Kier alpha value is -3.14. The largest absolute Gasteiger partial charge is 0.457 e. The molecule has 0 amide bonds. The van der Waals surface area contributed by atoms with Gasteiger partial charge in [-0.2, -0.15) is 39.5 Å². The SMILES string of the molecule is CC(C)(C)OC(=O)c1c(F)cc(Oc2ccc3c(c2)CC[C@@H]2[C@@H]3CC[C@]3(C)[C@@H](OCCCOC(C(F)(F)F)(C(F)(F)F)C(F)(F)F)CC[C@@H]23)cc1F. The van der Waals surface area contributed by atoms with Crippen LogP contribution in [0.2, 0.25) is 0 Å². The van der Waals surface area contributed by atoms with E-state index >= 15 is 0 Å². The van der Waals surface area contributed by atoms with Gasteiger partial charge >= 0.3 is 30.1 Å². The van der Waals surface area contributed by atoms with Crippen LogP contribution < -0.4 is 4.74 Å². The lowest BCUT2D eigenvalue weighted by atomic mass is 9.55. The van der Waals surface area contributed by atoms with Crippen LogP contribution >= 0.6 is 0 Å². The Labute approximate surface area is 293 Å². The molecule has 5 nitrogen and oxygen atoms in total. The third-order valence-electron chi connectivity index (χ3n) is 10.6. The number of carbonyl (C=O) groups excluding carboxylic acids is 1. The van der Waals surface area contributed by atoms with E-state index in [1.807, 2.05) is 19.1 Å². The number of fused-ring (bicyclic) bond motifs is 5. The van der Waals surface area contributed by atoms with E-state index in [1.54, 1.807) is 26.8 Å². The molecule has 0 heterocycles. The van der Waals surface area contributed by atoms with Gasteiger partial charge in [0, 0.05) is 18.7 Å². The summed E-state index contributed by atoms with van der Waals surface area (Å²) in [5.41, 5.74) is -6.33. The maximum Gasteiger partial charge on any atom is 0.435 e. The van der Waals surface area contributed by atoms with Crippen molar-refractivity contribution in [2.75, 3.05) is 13.2 Å². The van der Waals surface area contributed by atoms with Gasteiger partial charge < -0.3 is 18.9 Å². The third-order valence-corrected chi connectivity index (χ3v) is 10.6. The number of carbonyl (C=O) groups is 1. The number of esters is 1. The van der Waals surface area contributed by atoms with Crippen LogP contribution in [0.4, 0.5) is 48.3 Å². The number of hydrogen-bond acceptors (Lipinski definition) is 5. The Balaban J connectivity index is 1.20. The van der Waals surface area contributed by atoms with Crippen LogP contribution in [-0.2, 0) is 20.6 Å². The number of halogens is 11. The van der Waals surface area contributed by atoms with E-state index in [1.165, 1.54) is 0 Å². The second-order valence-corrected chi connectivity index (χ2v) is 15.0. The Morgan fingerprint density at radius 2 is 1.42 bits per heavy atom. The zero-order valence-electron chi connectivity index (χ0n) is 28.8. The summed E-state index contributed by atoms with van der Waals surface area (Å²) in [5, 5.41) is 0. The molecule has 5 rings (SSSR count). The number of aryl methyl sites for hydroxylation is 1. The molecule has 2 aromatic carbocycles. The molecule has 0 N–H and O–H groups in total. The third kappa shape index (κ3) is 7.47. The van der Waals surface area contributed by atoms with Gasteiger partial charge in [0.1, 0.15) is 34.3 Å². The first-order valence-electron chi connectivity index (χ1n) is 16.9. The van der Waals surface area contributed by atoms with Gasteiger partial charge in [-0.25, -0.2) is 13.6 Å². The molecule has 3 aliphatic carbocycles. The predicted octanol–water partition coefficient (Wildman–Crippen LogP) is 10.8. The monoisotopic (exact) mass is 760 g/mol. The summed E-state index contributed by atoms with van der Waals surface area (Å²) < 4.78 is 168. The smallest absolute Gasteiger partial charge is 0.435 e. The fraction of sp³-hybridized carbons (Fsp3) is 0.639. The lowest BCUT2D eigenvalue weighted by molar-refractivity contribution is -0.457. The van der Waals surface area contributed by atoms with Crippen LogP contribution in [0.15, 0.2) is 30.3 Å². The maximum atomic E-state index is 14.8. The van der Waals surface area contributed by atoms with Gasteiger partial charge in [-0.15, -0.1) is 0 Å². The summed E-state index contributed by atoms with van der Waals surface area (Å²) in [4.78, 5) is 12.3. The Kier molecular flexibility index (Phi) is 10.7. The minimum atomic E-state index is -6.78. The number of rotatable bonds is 9. The van der Waals surface area contributed by atoms with Crippen LogP contribution in [0.3, 0.4) is 0 Å². The van der Waals surface area contributed by atoms with E-state index in [0.29, 0.717) is 25.0 Å². The molecule has 52 heavy (non-hydrogen) atoms. The second kappa shape index (κ2) is 13.9. The summed E-state index contributed by atoms with van der Waals surface area (Å²) >= 11 is 0. The molecule has 2 saturated carbocycles. The molecule has 0 saturated heterocycles. The molecule has 5 atom stereocenters. The summed E-state index contributed by atoms with van der Waals surface area (Å²) in [6.45, 7) is 4.89. The fourth-order valence-corrected chi connectivity index (χ4v) is 8.35. The van der Waals surface area contributed by atoms with Crippen molar-refractivity contribution in [1.29, 1.82) is 0 Å². The summed E-state index contributed by atoms with van der Waals surface area (Å²) in [5.74, 6) is -2.61. The highest BCUT2D eigenvalue weighted by atomic mass is 19.4. The van der Waals surface area contributed by atoms with Crippen LogP contribution in [0.1, 0.15) is 93.6 Å². The van der Waals surface area contributed by atoms with E-state index in [2.05, 4.69) is 4.74 Å². The fourth-order valence-electron chi connectivity index (χ4n) is 8.35. The van der Waals surface area contributed by atoms with Gasteiger partial charge in [-0.1, -0.05) is 13.0 Å². The van der Waals surface area contributed by atoms with E-state index in [9.17, 15) is 53.1 Å². The molecule has 0 unspecified atom stereocenters. The lowest BCUT2D eigenvalue weighted by Gasteiger charge is -2.50. The van der Waals surface area contributed by atoms with Crippen LogP contribution in [-0.4, -0.2) is 55.0 Å². The highest BCUT2D eigenvalue weighted by Crippen LogP contribution is 2.62. The zero-order valence-corrected chi connectivity index (χ0v) is 28.8. The quantitative estimate of drug-likeness (QED) is 0.145. The molecule has 0 radical (unpaired) electrons. The molecule has 16 heteroatoms. The summed E-state index contributed by atoms with van der Waals surface area (Å²) in [7, 11) is 0. The van der Waals surface area contributed by atoms with E-state index in [0.717, 1.165) is 42.5 Å². The molecule has 2 fully saturated rings.